The summed E-state index contributed by atoms with van der Waals surface area (Å²) in [6.07, 6.45) is 2.31. The Balaban J connectivity index is 2.32. The summed E-state index contributed by atoms with van der Waals surface area (Å²) in [4.78, 5) is 0. The van der Waals surface area contributed by atoms with Gasteiger partial charge in [-0.05, 0) is 32.5 Å². The number of hydrogen-bond donors (Lipinski definition) is 1. The molecule has 0 fully saturated rings. The molecule has 0 bridgehead atoms. The van der Waals surface area contributed by atoms with Gasteiger partial charge in [0.1, 0.15) is 5.82 Å². The molecule has 0 aliphatic heterocycles. The van der Waals surface area contributed by atoms with Crippen molar-refractivity contribution in [3.63, 3.8) is 0 Å². The third-order valence-corrected chi connectivity index (χ3v) is 3.82. The zero-order valence-corrected chi connectivity index (χ0v) is 12.0. The summed E-state index contributed by atoms with van der Waals surface area (Å²) in [5.41, 5.74) is 2.66. The van der Waals surface area contributed by atoms with Crippen LogP contribution in [0.3, 0.4) is 0 Å². The number of nitrogens with zero attached hydrogens (tertiary/aromatic N) is 2. The van der Waals surface area contributed by atoms with Crippen LogP contribution in [-0.2, 0) is 13.5 Å². The van der Waals surface area contributed by atoms with Crippen LogP contribution in [0.2, 0.25) is 5.02 Å². The van der Waals surface area contributed by atoms with Crippen LogP contribution in [0, 0.1) is 12.7 Å². The van der Waals surface area contributed by atoms with Crippen molar-refractivity contribution in [1.29, 1.82) is 0 Å². The molecule has 1 heterocycles. The number of aryl methyl sites for hydroxylation is 1. The van der Waals surface area contributed by atoms with Gasteiger partial charge in [-0.3, -0.25) is 4.68 Å². The molecule has 3 nitrogen and oxygen atoms in total. The van der Waals surface area contributed by atoms with Crippen LogP contribution in [-0.4, -0.2) is 16.8 Å². The van der Waals surface area contributed by atoms with E-state index in [1.54, 1.807) is 12.1 Å². The molecule has 0 saturated carbocycles. The molecule has 0 amide bonds. The second-order valence-electron chi connectivity index (χ2n) is 4.55. The maximum atomic E-state index is 13.8. The van der Waals surface area contributed by atoms with Crippen molar-refractivity contribution < 1.29 is 4.39 Å². The fourth-order valence-electron chi connectivity index (χ4n) is 2.16. The Kier molecular flexibility index (Phi) is 4.22. The van der Waals surface area contributed by atoms with Crippen molar-refractivity contribution in [2.24, 2.45) is 7.05 Å². The zero-order chi connectivity index (χ0) is 14.0. The molecule has 1 N–H and O–H groups in total. The summed E-state index contributed by atoms with van der Waals surface area (Å²) in [5.74, 6) is -0.269. The molecule has 1 aromatic heterocycles. The predicted molar refractivity (Wildman–Crippen MR) is 74.9 cm³/mol. The van der Waals surface area contributed by atoms with Crippen LogP contribution in [0.25, 0.3) is 0 Å². The second kappa shape index (κ2) is 5.72. The highest BCUT2D eigenvalue weighted by molar-refractivity contribution is 6.31. The fourth-order valence-corrected chi connectivity index (χ4v) is 2.40. The normalized spacial score (nSPS) is 12.7. The summed E-state index contributed by atoms with van der Waals surface area (Å²) < 4.78 is 15.6. The van der Waals surface area contributed by atoms with Gasteiger partial charge in [-0.15, -0.1) is 0 Å². The SMILES string of the molecule is CNC(Cc1c(F)cccc1Cl)c1cnn(C)c1C. The minimum absolute atomic E-state index is 0.0110. The Morgan fingerprint density at radius 2 is 2.21 bits per heavy atom. The summed E-state index contributed by atoms with van der Waals surface area (Å²) >= 11 is 6.07. The second-order valence-corrected chi connectivity index (χ2v) is 4.96. The highest BCUT2D eigenvalue weighted by atomic mass is 35.5. The molecule has 0 aliphatic rings. The van der Waals surface area contributed by atoms with Crippen LogP contribution in [0.15, 0.2) is 24.4 Å². The molecule has 0 aliphatic carbocycles. The maximum absolute atomic E-state index is 13.8. The van der Waals surface area contributed by atoms with E-state index in [4.69, 9.17) is 11.6 Å². The largest absolute Gasteiger partial charge is 0.313 e. The van der Waals surface area contributed by atoms with E-state index >= 15 is 0 Å². The fraction of sp³-hybridized carbons (Fsp3) is 0.357. The van der Waals surface area contributed by atoms with Gasteiger partial charge in [0.05, 0.1) is 6.20 Å². The average Bonchev–Trinajstić information content (AvgIpc) is 2.71. The molecule has 2 aromatic rings. The summed E-state index contributed by atoms with van der Waals surface area (Å²) in [5, 5.41) is 7.88. The highest BCUT2D eigenvalue weighted by Gasteiger charge is 2.18. The van der Waals surface area contributed by atoms with E-state index in [2.05, 4.69) is 10.4 Å². The van der Waals surface area contributed by atoms with Gasteiger partial charge in [-0.2, -0.15) is 5.10 Å². The molecule has 5 heteroatoms. The van der Waals surface area contributed by atoms with E-state index in [1.807, 2.05) is 31.9 Å². The monoisotopic (exact) mass is 281 g/mol. The molecule has 102 valence electrons. The van der Waals surface area contributed by atoms with Crippen LogP contribution < -0.4 is 5.32 Å². The predicted octanol–water partition coefficient (Wildman–Crippen LogP) is 3.02. The van der Waals surface area contributed by atoms with Crippen molar-refractivity contribution in [1.82, 2.24) is 15.1 Å². The molecule has 1 aromatic carbocycles. The van der Waals surface area contributed by atoms with Gasteiger partial charge in [0, 0.05) is 34.9 Å². The van der Waals surface area contributed by atoms with Crippen molar-refractivity contribution >= 4 is 11.6 Å². The van der Waals surface area contributed by atoms with Crippen molar-refractivity contribution in [3.05, 3.63) is 52.1 Å². The van der Waals surface area contributed by atoms with Gasteiger partial charge in [0.2, 0.25) is 0 Å². The van der Waals surface area contributed by atoms with Crippen LogP contribution in [0.1, 0.15) is 22.9 Å². The van der Waals surface area contributed by atoms with E-state index in [-0.39, 0.29) is 11.9 Å². The Bertz CT molecular complexity index is 560. The van der Waals surface area contributed by atoms with E-state index in [0.29, 0.717) is 17.0 Å². The molecule has 1 unspecified atom stereocenters. The number of aromatic nitrogens is 2. The first-order chi connectivity index (χ1) is 9.04. The maximum Gasteiger partial charge on any atom is 0.127 e. The lowest BCUT2D eigenvalue weighted by Crippen LogP contribution is -2.20. The van der Waals surface area contributed by atoms with Crippen LogP contribution in [0.5, 0.6) is 0 Å². The van der Waals surface area contributed by atoms with Gasteiger partial charge in [0.15, 0.2) is 0 Å². The van der Waals surface area contributed by atoms with Crippen molar-refractivity contribution in [2.45, 2.75) is 19.4 Å². The topological polar surface area (TPSA) is 29.9 Å². The van der Waals surface area contributed by atoms with Gasteiger partial charge in [-0.25, -0.2) is 4.39 Å². The number of nitrogens with one attached hydrogen (secondary N) is 1. The Morgan fingerprint density at radius 1 is 1.47 bits per heavy atom. The van der Waals surface area contributed by atoms with Crippen molar-refractivity contribution in [2.75, 3.05) is 7.05 Å². The number of likely N-dealkylation sites (N-methyl/N-ethyl adjacent to an activating group) is 1. The minimum atomic E-state index is -0.269. The van der Waals surface area contributed by atoms with E-state index in [9.17, 15) is 4.39 Å². The molecule has 1 atom stereocenters. The third kappa shape index (κ3) is 2.80. The lowest BCUT2D eigenvalue weighted by molar-refractivity contribution is 0.552. The quantitative estimate of drug-likeness (QED) is 0.934. The zero-order valence-electron chi connectivity index (χ0n) is 11.2. The molecular formula is C14H17ClFN3. The molecule has 0 spiro atoms. The molecule has 0 saturated heterocycles. The first-order valence-corrected chi connectivity index (χ1v) is 6.51. The van der Waals surface area contributed by atoms with Crippen LogP contribution in [0.4, 0.5) is 4.39 Å². The Morgan fingerprint density at radius 3 is 2.74 bits per heavy atom. The van der Waals surface area contributed by atoms with Crippen molar-refractivity contribution in [3.8, 4) is 0 Å². The average molecular weight is 282 g/mol. The smallest absolute Gasteiger partial charge is 0.127 e. The standard InChI is InChI=1S/C14H17ClFN3/c1-9-11(8-18-19(9)3)14(17-2)7-10-12(15)5-4-6-13(10)16/h4-6,8,14,17H,7H2,1-3H3. The summed E-state index contributed by atoms with van der Waals surface area (Å²) in [6, 6.07) is 4.75. The summed E-state index contributed by atoms with van der Waals surface area (Å²) in [7, 11) is 3.74. The number of benzene rings is 1. The molecular weight excluding hydrogens is 265 g/mol. The Labute approximate surface area is 117 Å². The summed E-state index contributed by atoms with van der Waals surface area (Å²) in [6.45, 7) is 2.00. The van der Waals surface area contributed by atoms with Gasteiger partial charge >= 0.3 is 0 Å². The molecule has 2 rings (SSSR count). The lowest BCUT2D eigenvalue weighted by Gasteiger charge is -2.17. The van der Waals surface area contributed by atoms with E-state index in [0.717, 1.165) is 11.3 Å². The van der Waals surface area contributed by atoms with E-state index in [1.165, 1.54) is 6.07 Å². The van der Waals surface area contributed by atoms with E-state index < -0.39 is 0 Å². The number of rotatable bonds is 4. The minimum Gasteiger partial charge on any atom is -0.313 e. The molecule has 19 heavy (non-hydrogen) atoms. The van der Waals surface area contributed by atoms with Gasteiger partial charge in [0.25, 0.3) is 0 Å². The van der Waals surface area contributed by atoms with Crippen LogP contribution >= 0.6 is 11.6 Å². The first-order valence-electron chi connectivity index (χ1n) is 6.13. The third-order valence-electron chi connectivity index (χ3n) is 3.47. The lowest BCUT2D eigenvalue weighted by atomic mass is 9.99. The van der Waals surface area contributed by atoms with Gasteiger partial charge in [-0.1, -0.05) is 17.7 Å². The van der Waals surface area contributed by atoms with Gasteiger partial charge < -0.3 is 5.32 Å². The molecule has 0 radical (unpaired) electrons. The number of halogens is 2. The number of hydrogen-bond acceptors (Lipinski definition) is 2. The highest BCUT2D eigenvalue weighted by Crippen LogP contribution is 2.26. The Hall–Kier alpha value is -1.39. The first kappa shape index (κ1) is 14.0.